The van der Waals surface area contributed by atoms with Crippen LogP contribution < -0.4 is 5.32 Å². The fraction of sp³-hybridized carbons (Fsp3) is 0.640. The van der Waals surface area contributed by atoms with Gasteiger partial charge in [0.2, 0.25) is 0 Å². The third-order valence-electron chi connectivity index (χ3n) is 7.26. The summed E-state index contributed by atoms with van der Waals surface area (Å²) in [5.74, 6) is 2.09. The molecule has 0 spiro atoms. The maximum atomic E-state index is 10.6. The number of aliphatic hydroxyl groups is 1. The molecule has 30 heavy (non-hydrogen) atoms. The number of carboxylic acids is 1. The molecule has 0 radical (unpaired) electrons. The minimum absolute atomic E-state index is 0.244. The molecule has 0 aliphatic heterocycles. The predicted molar refractivity (Wildman–Crippen MR) is 124 cm³/mol. The van der Waals surface area contributed by atoms with Crippen LogP contribution in [0.5, 0.6) is 0 Å². The van der Waals surface area contributed by atoms with Gasteiger partial charge in [-0.05, 0) is 67.4 Å². The molecule has 3 saturated carbocycles. The molecule has 1 aromatic carbocycles. The lowest BCUT2D eigenvalue weighted by Crippen LogP contribution is -2.61. The van der Waals surface area contributed by atoms with Crippen LogP contribution in [0.1, 0.15) is 52.4 Å². The van der Waals surface area contributed by atoms with Gasteiger partial charge in [0.25, 0.3) is 0 Å². The van der Waals surface area contributed by atoms with Gasteiger partial charge in [-0.3, -0.25) is 4.79 Å². The second-order valence-electron chi connectivity index (χ2n) is 9.55. The van der Waals surface area contributed by atoms with E-state index < -0.39 is 5.97 Å². The molecule has 0 saturated heterocycles. The third-order valence-corrected chi connectivity index (χ3v) is 8.41. The first-order valence-electron chi connectivity index (χ1n) is 11.3. The summed E-state index contributed by atoms with van der Waals surface area (Å²) in [4.78, 5) is 11.8. The lowest BCUT2D eigenvalue weighted by Gasteiger charge is -2.63. The van der Waals surface area contributed by atoms with Crippen LogP contribution in [0.25, 0.3) is 0 Å². The van der Waals surface area contributed by atoms with Gasteiger partial charge in [0.05, 0.1) is 6.10 Å². The van der Waals surface area contributed by atoms with E-state index in [0.717, 1.165) is 24.7 Å². The fourth-order valence-electron chi connectivity index (χ4n) is 5.31. The normalized spacial score (nSPS) is 28.2. The molecule has 3 aliphatic carbocycles. The molecular formula is C25H37NO3S. The number of benzene rings is 1. The molecule has 4 rings (SSSR count). The number of aliphatic hydroxyl groups excluding tert-OH is 1. The Morgan fingerprint density at radius 2 is 2.03 bits per heavy atom. The van der Waals surface area contributed by atoms with Crippen molar-refractivity contribution in [3.05, 3.63) is 42.5 Å². The highest BCUT2D eigenvalue weighted by Crippen LogP contribution is 2.62. The van der Waals surface area contributed by atoms with Gasteiger partial charge in [-0.25, -0.2) is 0 Å². The number of nitrogens with one attached hydrogen (secondary N) is 1. The van der Waals surface area contributed by atoms with Crippen LogP contribution in [0.3, 0.4) is 0 Å². The molecule has 3 N–H and O–H groups in total. The second kappa shape index (κ2) is 10.8. The van der Waals surface area contributed by atoms with E-state index in [0.29, 0.717) is 36.1 Å². The van der Waals surface area contributed by atoms with E-state index in [1.54, 1.807) is 11.8 Å². The van der Waals surface area contributed by atoms with Crippen LogP contribution in [0.2, 0.25) is 0 Å². The molecular weight excluding hydrogens is 394 g/mol. The van der Waals surface area contributed by atoms with Gasteiger partial charge in [0.1, 0.15) is 0 Å². The summed E-state index contributed by atoms with van der Waals surface area (Å²) in [5, 5.41) is 22.9. The highest BCUT2D eigenvalue weighted by Gasteiger charge is 2.56. The van der Waals surface area contributed by atoms with Crippen molar-refractivity contribution in [2.75, 3.05) is 12.3 Å². The summed E-state index contributed by atoms with van der Waals surface area (Å²) in [7, 11) is 0. The Morgan fingerprint density at radius 3 is 2.73 bits per heavy atom. The van der Waals surface area contributed by atoms with Gasteiger partial charge < -0.3 is 15.5 Å². The third kappa shape index (κ3) is 6.12. The number of carboxylic acid groups (broad SMARTS) is 1. The monoisotopic (exact) mass is 431 g/mol. The topological polar surface area (TPSA) is 69.6 Å². The van der Waals surface area contributed by atoms with E-state index in [1.807, 2.05) is 18.2 Å². The summed E-state index contributed by atoms with van der Waals surface area (Å²) in [6, 6.07) is 10.7. The first-order chi connectivity index (χ1) is 14.4. The lowest BCUT2D eigenvalue weighted by atomic mass is 9.44. The van der Waals surface area contributed by atoms with E-state index in [9.17, 15) is 9.90 Å². The quantitative estimate of drug-likeness (QED) is 0.247. The van der Waals surface area contributed by atoms with Gasteiger partial charge >= 0.3 is 5.97 Å². The average molecular weight is 432 g/mol. The Hall–Kier alpha value is -1.30. The van der Waals surface area contributed by atoms with Gasteiger partial charge in [0, 0.05) is 29.7 Å². The van der Waals surface area contributed by atoms with Crippen molar-refractivity contribution < 1.29 is 15.0 Å². The van der Waals surface area contributed by atoms with Crippen molar-refractivity contribution in [2.45, 2.75) is 69.4 Å². The molecule has 0 unspecified atom stereocenters. The van der Waals surface area contributed by atoms with Crippen molar-refractivity contribution >= 4 is 17.7 Å². The number of unbranched alkanes of at least 4 members (excludes halogenated alkanes) is 1. The van der Waals surface area contributed by atoms with E-state index in [2.05, 4.69) is 43.4 Å². The number of carbonyl (C=O) groups is 1. The standard InChI is InChI=1S/C25H37NO3S/c1-25(2)18-14-22(25)21(12-8-3-4-9-13-24(28)29)23(15-18)26-16-19(27)17-30-20-10-6-5-7-11-20/h3,5-8,10-11,18-19,21-23,26-27H,4,9,12-17H2,1-2H3,(H,28,29)/b8-3-/t18-,19-,21+,22+,23+/m1/s1. The number of aliphatic carboxylic acids is 1. The zero-order chi connectivity index (χ0) is 21.6. The lowest BCUT2D eigenvalue weighted by molar-refractivity contribution is -0.137. The zero-order valence-corrected chi connectivity index (χ0v) is 19.1. The van der Waals surface area contributed by atoms with Crippen LogP contribution in [0.4, 0.5) is 0 Å². The van der Waals surface area contributed by atoms with E-state index in [1.165, 1.54) is 17.7 Å². The number of rotatable bonds is 12. The maximum Gasteiger partial charge on any atom is 0.303 e. The van der Waals surface area contributed by atoms with Crippen molar-refractivity contribution in [1.29, 1.82) is 0 Å². The van der Waals surface area contributed by atoms with Gasteiger partial charge in [0.15, 0.2) is 0 Å². The van der Waals surface area contributed by atoms with E-state index in [4.69, 9.17) is 5.11 Å². The second-order valence-corrected chi connectivity index (χ2v) is 10.6. The van der Waals surface area contributed by atoms with Crippen LogP contribution in [-0.4, -0.2) is 40.6 Å². The molecule has 1 aromatic rings. The van der Waals surface area contributed by atoms with Gasteiger partial charge in [-0.1, -0.05) is 44.2 Å². The minimum Gasteiger partial charge on any atom is -0.481 e. The van der Waals surface area contributed by atoms with Crippen molar-refractivity contribution in [2.24, 2.45) is 23.2 Å². The Balaban J connectivity index is 1.47. The van der Waals surface area contributed by atoms with E-state index in [-0.39, 0.29) is 12.5 Å². The van der Waals surface area contributed by atoms with Crippen LogP contribution in [-0.2, 0) is 4.79 Å². The van der Waals surface area contributed by atoms with E-state index >= 15 is 0 Å². The van der Waals surface area contributed by atoms with Crippen molar-refractivity contribution in [3.63, 3.8) is 0 Å². The molecule has 0 amide bonds. The summed E-state index contributed by atoms with van der Waals surface area (Å²) < 4.78 is 0. The van der Waals surface area contributed by atoms with Crippen molar-refractivity contribution in [3.8, 4) is 0 Å². The molecule has 4 nitrogen and oxygen atoms in total. The fourth-order valence-corrected chi connectivity index (χ4v) is 6.16. The number of allylic oxidation sites excluding steroid dienone is 2. The molecule has 3 fully saturated rings. The number of hydrogen-bond acceptors (Lipinski definition) is 4. The van der Waals surface area contributed by atoms with Crippen molar-refractivity contribution in [1.82, 2.24) is 5.32 Å². The summed E-state index contributed by atoms with van der Waals surface area (Å²) >= 11 is 1.71. The molecule has 0 aromatic heterocycles. The Labute approximate surface area is 185 Å². The summed E-state index contributed by atoms with van der Waals surface area (Å²) in [6.45, 7) is 5.47. The summed E-state index contributed by atoms with van der Waals surface area (Å²) in [6.07, 6.45) is 9.42. The maximum absolute atomic E-state index is 10.6. The Bertz CT molecular complexity index is 706. The average Bonchev–Trinajstić information content (AvgIpc) is 2.73. The smallest absolute Gasteiger partial charge is 0.303 e. The molecule has 166 valence electrons. The number of fused-ring (bicyclic) bond motifs is 2. The van der Waals surface area contributed by atoms with Crippen LogP contribution in [0.15, 0.2) is 47.4 Å². The first-order valence-corrected chi connectivity index (χ1v) is 12.3. The summed E-state index contributed by atoms with van der Waals surface area (Å²) in [5.41, 5.74) is 0.418. The molecule has 2 bridgehead atoms. The predicted octanol–water partition coefficient (Wildman–Crippen LogP) is 4.98. The largest absolute Gasteiger partial charge is 0.481 e. The minimum atomic E-state index is -0.716. The van der Waals surface area contributed by atoms with Gasteiger partial charge in [-0.2, -0.15) is 0 Å². The first kappa shape index (κ1) is 23.4. The number of hydrogen-bond donors (Lipinski definition) is 3. The van der Waals surface area contributed by atoms with Gasteiger partial charge in [-0.15, -0.1) is 11.8 Å². The van der Waals surface area contributed by atoms with Crippen LogP contribution in [0, 0.1) is 23.2 Å². The highest BCUT2D eigenvalue weighted by molar-refractivity contribution is 7.99. The van der Waals surface area contributed by atoms with Crippen LogP contribution >= 0.6 is 11.8 Å². The molecule has 0 heterocycles. The highest BCUT2D eigenvalue weighted by atomic mass is 32.2. The molecule has 3 aliphatic rings. The Kier molecular flexibility index (Phi) is 8.44. The molecule has 5 heteroatoms. The Morgan fingerprint density at radius 1 is 1.27 bits per heavy atom. The number of thioether (sulfide) groups is 1. The molecule has 5 atom stereocenters. The zero-order valence-electron chi connectivity index (χ0n) is 18.3. The SMILES string of the molecule is CC1(C)[C@H]2C[C@H](NC[C@@H](O)CSc3ccccc3)[C@@H](C/C=C\CCCC(=O)O)[C@@H]1C2.